The molecule has 0 spiro atoms. The maximum atomic E-state index is 12.2. The van der Waals surface area contributed by atoms with Gasteiger partial charge in [-0.15, -0.1) is 0 Å². The van der Waals surface area contributed by atoms with E-state index in [9.17, 15) is 8.42 Å². The summed E-state index contributed by atoms with van der Waals surface area (Å²) in [4.78, 5) is 13.1. The van der Waals surface area contributed by atoms with Crippen molar-refractivity contribution in [3.63, 3.8) is 0 Å². The molecule has 0 unspecified atom stereocenters. The zero-order valence-electron chi connectivity index (χ0n) is 17.3. The second-order valence-electron chi connectivity index (χ2n) is 7.64. The Balaban J connectivity index is 1.75. The maximum Gasteiger partial charge on any atom is 0.189 e. The van der Waals surface area contributed by atoms with Gasteiger partial charge in [0.15, 0.2) is 27.1 Å². The van der Waals surface area contributed by atoms with Gasteiger partial charge in [0, 0.05) is 29.6 Å². The average Bonchev–Trinajstić information content (AvgIpc) is 3.24. The number of anilines is 1. The van der Waals surface area contributed by atoms with Crippen molar-refractivity contribution in [3.8, 4) is 34.0 Å². The first-order chi connectivity index (χ1) is 14.7. The second kappa shape index (κ2) is 7.59. The van der Waals surface area contributed by atoms with E-state index in [2.05, 4.69) is 20.1 Å². The standard InChI is InChI=1S/C22H21N5O3S/c1-22(2,31(3,28)29)19-11-15(9-10-24-19)17-13-25-21(23)20(26-17)18-12-16(27-30-18)14-7-5-4-6-8-14/h4-13H,1-3H3,(H2,23,25). The van der Waals surface area contributed by atoms with E-state index >= 15 is 0 Å². The Morgan fingerprint density at radius 3 is 2.42 bits per heavy atom. The van der Waals surface area contributed by atoms with Crippen LogP contribution in [0.25, 0.3) is 34.0 Å². The predicted octanol–water partition coefficient (Wildman–Crippen LogP) is 3.72. The number of benzene rings is 1. The van der Waals surface area contributed by atoms with Crippen molar-refractivity contribution in [2.75, 3.05) is 12.0 Å². The molecule has 31 heavy (non-hydrogen) atoms. The highest BCUT2D eigenvalue weighted by molar-refractivity contribution is 7.91. The molecule has 8 nitrogen and oxygen atoms in total. The lowest BCUT2D eigenvalue weighted by atomic mass is 10.1. The van der Waals surface area contributed by atoms with E-state index in [4.69, 9.17) is 10.3 Å². The third-order valence-corrected chi connectivity index (χ3v) is 7.28. The van der Waals surface area contributed by atoms with Gasteiger partial charge >= 0.3 is 0 Å². The summed E-state index contributed by atoms with van der Waals surface area (Å²) in [5.74, 6) is 0.585. The molecule has 3 heterocycles. The third kappa shape index (κ3) is 3.91. The smallest absolute Gasteiger partial charge is 0.189 e. The number of hydrogen-bond acceptors (Lipinski definition) is 8. The highest BCUT2D eigenvalue weighted by atomic mass is 32.2. The van der Waals surface area contributed by atoms with Gasteiger partial charge in [0.05, 0.1) is 17.6 Å². The minimum Gasteiger partial charge on any atom is -0.382 e. The van der Waals surface area contributed by atoms with Crippen molar-refractivity contribution in [2.45, 2.75) is 18.6 Å². The quantitative estimate of drug-likeness (QED) is 0.503. The van der Waals surface area contributed by atoms with Crippen LogP contribution in [-0.2, 0) is 14.6 Å². The lowest BCUT2D eigenvalue weighted by Crippen LogP contribution is -2.29. The van der Waals surface area contributed by atoms with Crippen LogP contribution >= 0.6 is 0 Å². The number of nitrogens with two attached hydrogens (primary N) is 1. The molecule has 0 atom stereocenters. The first kappa shape index (κ1) is 20.7. The van der Waals surface area contributed by atoms with Crippen LogP contribution in [0.15, 0.2) is 65.4 Å². The Morgan fingerprint density at radius 1 is 0.968 bits per heavy atom. The Hall–Kier alpha value is -3.59. The number of rotatable bonds is 5. The topological polar surface area (TPSA) is 125 Å². The highest BCUT2D eigenvalue weighted by Crippen LogP contribution is 2.32. The normalized spacial score (nSPS) is 12.1. The van der Waals surface area contributed by atoms with Crippen LogP contribution in [0.2, 0.25) is 0 Å². The van der Waals surface area contributed by atoms with E-state index in [0.717, 1.165) is 5.56 Å². The summed E-state index contributed by atoms with van der Waals surface area (Å²) in [6.45, 7) is 3.24. The predicted molar refractivity (Wildman–Crippen MR) is 118 cm³/mol. The van der Waals surface area contributed by atoms with Gasteiger partial charge in [-0.3, -0.25) is 4.98 Å². The first-order valence-corrected chi connectivity index (χ1v) is 11.4. The number of sulfone groups is 1. The Kier molecular flexibility index (Phi) is 5.06. The summed E-state index contributed by atoms with van der Waals surface area (Å²) in [6.07, 6.45) is 4.27. The molecule has 0 amide bonds. The molecule has 0 fully saturated rings. The molecular formula is C22H21N5O3S. The highest BCUT2D eigenvalue weighted by Gasteiger charge is 2.34. The summed E-state index contributed by atoms with van der Waals surface area (Å²) in [5.41, 5.74) is 9.56. The van der Waals surface area contributed by atoms with Crippen molar-refractivity contribution in [1.29, 1.82) is 0 Å². The largest absolute Gasteiger partial charge is 0.382 e. The molecule has 0 aliphatic rings. The molecule has 0 saturated heterocycles. The summed E-state index contributed by atoms with van der Waals surface area (Å²) in [5, 5.41) is 4.10. The lowest BCUT2D eigenvalue weighted by Gasteiger charge is -2.22. The van der Waals surface area contributed by atoms with Crippen LogP contribution in [0.4, 0.5) is 5.82 Å². The molecule has 0 saturated carbocycles. The van der Waals surface area contributed by atoms with Crippen molar-refractivity contribution in [1.82, 2.24) is 20.1 Å². The minimum atomic E-state index is -3.38. The van der Waals surface area contributed by atoms with Gasteiger partial charge in [0.25, 0.3) is 0 Å². The molecule has 3 aromatic heterocycles. The first-order valence-electron chi connectivity index (χ1n) is 9.48. The van der Waals surface area contributed by atoms with Crippen molar-refractivity contribution in [2.24, 2.45) is 0 Å². The van der Waals surface area contributed by atoms with E-state index < -0.39 is 14.6 Å². The fraction of sp³-hybridized carbons (Fsp3) is 0.182. The zero-order valence-corrected chi connectivity index (χ0v) is 18.1. The van der Waals surface area contributed by atoms with Crippen LogP contribution in [0, 0.1) is 0 Å². The van der Waals surface area contributed by atoms with Gasteiger partial charge in [-0.2, -0.15) is 0 Å². The number of hydrogen-bond donors (Lipinski definition) is 1. The SMILES string of the molecule is CC(C)(c1cc(-c2cnc(N)c(-c3cc(-c4ccccc4)no3)n2)ccn1)S(C)(=O)=O. The van der Waals surface area contributed by atoms with E-state index in [1.807, 2.05) is 30.3 Å². The molecule has 0 aliphatic carbocycles. The van der Waals surface area contributed by atoms with Crippen molar-refractivity contribution in [3.05, 3.63) is 66.6 Å². The Morgan fingerprint density at radius 2 is 1.71 bits per heavy atom. The molecular weight excluding hydrogens is 414 g/mol. The molecule has 2 N–H and O–H groups in total. The summed E-state index contributed by atoms with van der Waals surface area (Å²) in [7, 11) is -3.38. The van der Waals surface area contributed by atoms with Gasteiger partial charge in [-0.1, -0.05) is 35.5 Å². The number of nitrogens with zero attached hydrogens (tertiary/aromatic N) is 4. The number of nitrogen functional groups attached to an aromatic ring is 1. The third-order valence-electron chi connectivity index (χ3n) is 5.21. The number of aromatic nitrogens is 4. The summed E-state index contributed by atoms with van der Waals surface area (Å²) < 4.78 is 28.7. The molecule has 1 aromatic carbocycles. The van der Waals surface area contributed by atoms with Gasteiger partial charge in [0.1, 0.15) is 10.4 Å². The van der Waals surface area contributed by atoms with Crippen LogP contribution in [0.5, 0.6) is 0 Å². The monoisotopic (exact) mass is 435 g/mol. The second-order valence-corrected chi connectivity index (χ2v) is 10.2. The molecule has 4 rings (SSSR count). The van der Waals surface area contributed by atoms with E-state index in [1.165, 1.54) is 12.5 Å². The van der Waals surface area contributed by atoms with E-state index in [0.29, 0.717) is 34.1 Å². The minimum absolute atomic E-state index is 0.199. The Bertz CT molecular complexity index is 1350. The molecule has 0 radical (unpaired) electrons. The molecule has 4 aromatic rings. The van der Waals surface area contributed by atoms with Crippen molar-refractivity contribution < 1.29 is 12.9 Å². The van der Waals surface area contributed by atoms with Gasteiger partial charge < -0.3 is 10.3 Å². The van der Waals surface area contributed by atoms with E-state index in [1.54, 1.807) is 38.2 Å². The molecule has 9 heteroatoms. The molecule has 0 aliphatic heterocycles. The maximum absolute atomic E-state index is 12.2. The van der Waals surface area contributed by atoms with Crippen molar-refractivity contribution >= 4 is 15.7 Å². The van der Waals surface area contributed by atoms with Crippen LogP contribution in [0.3, 0.4) is 0 Å². The summed E-state index contributed by atoms with van der Waals surface area (Å²) in [6, 6.07) is 14.8. The van der Waals surface area contributed by atoms with Gasteiger partial charge in [-0.05, 0) is 26.0 Å². The van der Waals surface area contributed by atoms with Crippen LogP contribution < -0.4 is 5.73 Å². The molecule has 0 bridgehead atoms. The van der Waals surface area contributed by atoms with Gasteiger partial charge in [0.2, 0.25) is 0 Å². The number of pyridine rings is 1. The Labute approximate surface area is 180 Å². The van der Waals surface area contributed by atoms with Gasteiger partial charge in [-0.25, -0.2) is 18.4 Å². The van der Waals surface area contributed by atoms with Crippen LogP contribution in [0.1, 0.15) is 19.5 Å². The summed E-state index contributed by atoms with van der Waals surface area (Å²) >= 11 is 0. The zero-order chi connectivity index (χ0) is 22.2. The van der Waals surface area contributed by atoms with E-state index in [-0.39, 0.29) is 5.82 Å². The molecule has 158 valence electrons. The fourth-order valence-electron chi connectivity index (χ4n) is 2.96. The fourth-order valence-corrected chi connectivity index (χ4v) is 3.45. The lowest BCUT2D eigenvalue weighted by molar-refractivity contribution is 0.434. The van der Waals surface area contributed by atoms with Crippen LogP contribution in [-0.4, -0.2) is 34.8 Å². The average molecular weight is 436 g/mol.